The van der Waals surface area contributed by atoms with E-state index in [0.717, 1.165) is 12.8 Å². The first-order chi connectivity index (χ1) is 10.7. The van der Waals surface area contributed by atoms with Crippen molar-refractivity contribution in [1.82, 2.24) is 0 Å². The summed E-state index contributed by atoms with van der Waals surface area (Å²) in [5.74, 6) is 0.301. The van der Waals surface area contributed by atoms with Crippen LogP contribution in [0.4, 0.5) is 0 Å². The van der Waals surface area contributed by atoms with Gasteiger partial charge in [0.25, 0.3) is 0 Å². The summed E-state index contributed by atoms with van der Waals surface area (Å²) in [6.45, 7) is 13.4. The molecule has 1 N–H and O–H groups in total. The molecule has 1 saturated heterocycles. The van der Waals surface area contributed by atoms with Crippen molar-refractivity contribution in [2.75, 3.05) is 0 Å². The maximum atomic E-state index is 10.6. The molecule has 0 amide bonds. The summed E-state index contributed by atoms with van der Waals surface area (Å²) >= 11 is 0. The van der Waals surface area contributed by atoms with Crippen molar-refractivity contribution in [1.29, 1.82) is 0 Å². The third-order valence-electron chi connectivity index (χ3n) is 7.14. The van der Waals surface area contributed by atoms with E-state index in [0.29, 0.717) is 12.3 Å². The second-order valence-electron chi connectivity index (χ2n) is 8.59. The molecule has 0 aromatic carbocycles. The van der Waals surface area contributed by atoms with E-state index < -0.39 is 13.9 Å². The van der Waals surface area contributed by atoms with E-state index in [4.69, 9.17) is 9.16 Å². The van der Waals surface area contributed by atoms with Crippen LogP contribution in [0.15, 0.2) is 11.6 Å². The Balaban J connectivity index is 1.97. The Hall–Kier alpha value is -0.163. The molecule has 5 atom stereocenters. The fraction of sp³-hybridized carbons (Fsp3) is 0.895. The lowest BCUT2D eigenvalue weighted by molar-refractivity contribution is -0.126. The third-order valence-corrected chi connectivity index (χ3v) is 11.9. The van der Waals surface area contributed by atoms with E-state index >= 15 is 0 Å². The molecule has 23 heavy (non-hydrogen) atoms. The summed E-state index contributed by atoms with van der Waals surface area (Å²) in [5, 5.41) is 10.6. The second-order valence-corrected chi connectivity index (χ2v) is 13.3. The Kier molecular flexibility index (Phi) is 4.16. The smallest absolute Gasteiger partial charge is 0.193 e. The molecule has 0 aromatic rings. The number of rotatable bonds is 5. The fourth-order valence-corrected chi connectivity index (χ4v) is 8.52. The zero-order valence-corrected chi connectivity index (χ0v) is 16.7. The lowest BCUT2D eigenvalue weighted by Crippen LogP contribution is -2.50. The van der Waals surface area contributed by atoms with Crippen LogP contribution < -0.4 is 0 Å². The Morgan fingerprint density at radius 3 is 2.39 bits per heavy atom. The molecule has 0 radical (unpaired) electrons. The van der Waals surface area contributed by atoms with Gasteiger partial charge in [-0.25, -0.2) is 0 Å². The summed E-state index contributed by atoms with van der Waals surface area (Å²) < 4.78 is 13.3. The summed E-state index contributed by atoms with van der Waals surface area (Å²) in [7, 11) is -1.66. The van der Waals surface area contributed by atoms with Gasteiger partial charge in [0.2, 0.25) is 0 Å². The van der Waals surface area contributed by atoms with Crippen molar-refractivity contribution in [3.8, 4) is 0 Å². The molecular formula is C19H34O3Si. The van der Waals surface area contributed by atoms with Crippen LogP contribution >= 0.6 is 0 Å². The number of ether oxygens (including phenoxy) is 1. The first-order valence-electron chi connectivity index (χ1n) is 9.47. The predicted octanol–water partition coefficient (Wildman–Crippen LogP) is 4.42. The molecule has 132 valence electrons. The molecule has 3 aliphatic rings. The van der Waals surface area contributed by atoms with Crippen LogP contribution in [0.5, 0.6) is 0 Å². The van der Waals surface area contributed by atoms with Crippen molar-refractivity contribution >= 4 is 8.32 Å². The highest BCUT2D eigenvalue weighted by Gasteiger charge is 2.63. The van der Waals surface area contributed by atoms with Gasteiger partial charge in [0.1, 0.15) is 0 Å². The summed E-state index contributed by atoms with van der Waals surface area (Å²) in [6.07, 6.45) is 4.76. The van der Waals surface area contributed by atoms with Gasteiger partial charge in [0, 0.05) is 12.3 Å². The molecule has 2 aliphatic heterocycles. The zero-order chi connectivity index (χ0) is 17.1. The number of aliphatic hydroxyl groups excluding tert-OH is 1. The maximum absolute atomic E-state index is 10.6. The topological polar surface area (TPSA) is 38.7 Å². The first kappa shape index (κ1) is 17.7. The van der Waals surface area contributed by atoms with Crippen LogP contribution in [-0.4, -0.2) is 36.3 Å². The molecule has 2 heterocycles. The monoisotopic (exact) mass is 338 g/mol. The SMILES string of the molecule is CC[Si](CC)(CC)O[C@@]1(C)CC[C@@H]2C1=C[C@]1(C)C[C@@H](O)[C@@]2(C)O1. The van der Waals surface area contributed by atoms with Crippen molar-refractivity contribution < 1.29 is 14.3 Å². The average Bonchev–Trinajstić information content (AvgIpc) is 2.91. The fourth-order valence-electron chi connectivity index (χ4n) is 5.41. The second kappa shape index (κ2) is 5.42. The first-order valence-corrected chi connectivity index (χ1v) is 12.0. The van der Waals surface area contributed by atoms with Crippen LogP contribution in [0.1, 0.15) is 60.8 Å². The molecule has 2 bridgehead atoms. The van der Waals surface area contributed by atoms with Crippen LogP contribution in [0.25, 0.3) is 0 Å². The summed E-state index contributed by atoms with van der Waals surface area (Å²) in [6, 6.07) is 3.55. The molecule has 4 heteroatoms. The van der Waals surface area contributed by atoms with Crippen molar-refractivity contribution in [2.24, 2.45) is 5.92 Å². The van der Waals surface area contributed by atoms with Crippen molar-refractivity contribution in [3.63, 3.8) is 0 Å². The maximum Gasteiger partial charge on any atom is 0.193 e. The lowest BCUT2D eigenvalue weighted by atomic mass is 9.79. The normalized spacial score (nSPS) is 46.0. The van der Waals surface area contributed by atoms with Crippen molar-refractivity contribution in [2.45, 2.75) is 102 Å². The van der Waals surface area contributed by atoms with Gasteiger partial charge in [-0.05, 0) is 57.3 Å². The van der Waals surface area contributed by atoms with Gasteiger partial charge in [0.05, 0.1) is 22.9 Å². The van der Waals surface area contributed by atoms with E-state index in [1.165, 1.54) is 23.7 Å². The zero-order valence-electron chi connectivity index (χ0n) is 15.7. The average molecular weight is 339 g/mol. The molecular weight excluding hydrogens is 304 g/mol. The standard InChI is InChI=1S/C19H34O3Si/c1-7-23(8-2,9-3)22-18(5)11-10-14-15(18)12-17(4)13-16(20)19(14,6)21-17/h12,14,16,20H,7-11,13H2,1-6H3/t14-,16-,17-,18+,19+/m1/s1. The molecule has 0 unspecified atom stereocenters. The van der Waals surface area contributed by atoms with E-state index in [9.17, 15) is 5.11 Å². The molecule has 2 fully saturated rings. The van der Waals surface area contributed by atoms with Crippen LogP contribution in [0.3, 0.4) is 0 Å². The number of hydrogen-bond acceptors (Lipinski definition) is 3. The minimum Gasteiger partial charge on any atom is -0.408 e. The molecule has 3 nitrogen and oxygen atoms in total. The Labute approximate surface area is 142 Å². The third kappa shape index (κ3) is 2.48. The van der Waals surface area contributed by atoms with Crippen LogP contribution in [-0.2, 0) is 9.16 Å². The van der Waals surface area contributed by atoms with Crippen LogP contribution in [0, 0.1) is 5.92 Å². The lowest BCUT2D eigenvalue weighted by Gasteiger charge is -2.45. The van der Waals surface area contributed by atoms with E-state index in [1.807, 2.05) is 0 Å². The summed E-state index contributed by atoms with van der Waals surface area (Å²) in [5.41, 5.74) is 0.492. The minimum atomic E-state index is -1.66. The molecule has 1 aliphatic carbocycles. The largest absolute Gasteiger partial charge is 0.408 e. The Bertz CT molecular complexity index is 506. The number of fused-ring (bicyclic) bond motifs is 4. The highest BCUT2D eigenvalue weighted by atomic mass is 28.4. The Morgan fingerprint density at radius 2 is 1.83 bits per heavy atom. The number of hydrogen-bond donors (Lipinski definition) is 1. The minimum absolute atomic E-state index is 0.157. The highest BCUT2D eigenvalue weighted by molar-refractivity contribution is 6.73. The highest BCUT2D eigenvalue weighted by Crippen LogP contribution is 2.59. The predicted molar refractivity (Wildman–Crippen MR) is 96.0 cm³/mol. The molecule has 3 rings (SSSR count). The number of aliphatic hydroxyl groups is 1. The molecule has 1 saturated carbocycles. The Morgan fingerprint density at radius 1 is 1.22 bits per heavy atom. The van der Waals surface area contributed by atoms with E-state index in [1.54, 1.807) is 0 Å². The van der Waals surface area contributed by atoms with Gasteiger partial charge in [-0.3, -0.25) is 0 Å². The van der Waals surface area contributed by atoms with Crippen molar-refractivity contribution in [3.05, 3.63) is 11.6 Å². The summed E-state index contributed by atoms with van der Waals surface area (Å²) in [4.78, 5) is 0. The van der Waals surface area contributed by atoms with Gasteiger partial charge < -0.3 is 14.3 Å². The van der Waals surface area contributed by atoms with Gasteiger partial charge >= 0.3 is 0 Å². The van der Waals surface area contributed by atoms with E-state index in [2.05, 4.69) is 47.6 Å². The van der Waals surface area contributed by atoms with Gasteiger partial charge in [0.15, 0.2) is 8.32 Å². The van der Waals surface area contributed by atoms with E-state index in [-0.39, 0.29) is 17.3 Å². The molecule has 0 spiro atoms. The van der Waals surface area contributed by atoms with Gasteiger partial charge in [-0.15, -0.1) is 0 Å². The van der Waals surface area contributed by atoms with Crippen LogP contribution in [0.2, 0.25) is 18.1 Å². The molecule has 0 aromatic heterocycles. The quantitative estimate of drug-likeness (QED) is 0.596. The van der Waals surface area contributed by atoms with Gasteiger partial charge in [-0.2, -0.15) is 0 Å². The van der Waals surface area contributed by atoms with Gasteiger partial charge in [-0.1, -0.05) is 26.8 Å².